The van der Waals surface area contributed by atoms with Crippen molar-refractivity contribution in [1.82, 2.24) is 0 Å². The summed E-state index contributed by atoms with van der Waals surface area (Å²) in [5.74, 6) is 0. The Balaban J connectivity index is 1.77. The van der Waals surface area contributed by atoms with Crippen LogP contribution in [-0.4, -0.2) is 6.54 Å². The first-order valence-corrected chi connectivity index (χ1v) is 8.02. The molecule has 0 bridgehead atoms. The Morgan fingerprint density at radius 3 is 1.65 bits per heavy atom. The van der Waals surface area contributed by atoms with Crippen LogP contribution in [0.4, 0.5) is 11.4 Å². The second kappa shape index (κ2) is 7.46. The van der Waals surface area contributed by atoms with Crippen molar-refractivity contribution in [2.75, 3.05) is 11.4 Å². The minimum atomic E-state index is 0.948. The lowest BCUT2D eigenvalue weighted by Crippen LogP contribution is -2.15. The van der Waals surface area contributed by atoms with Crippen LogP contribution in [0.1, 0.15) is 18.1 Å². The summed E-state index contributed by atoms with van der Waals surface area (Å²) in [6, 6.07) is 29.6. The largest absolute Gasteiger partial charge is 0.342 e. The lowest BCUT2D eigenvalue weighted by Gasteiger charge is -2.23. The topological polar surface area (TPSA) is 3.24 Å². The van der Waals surface area contributed by atoms with Crippen LogP contribution in [0.15, 0.2) is 84.9 Å². The molecule has 0 saturated heterocycles. The van der Waals surface area contributed by atoms with Crippen LogP contribution in [-0.2, 0) is 0 Å². The van der Waals surface area contributed by atoms with Crippen LogP contribution >= 0.6 is 0 Å². The average molecular weight is 299 g/mol. The van der Waals surface area contributed by atoms with Gasteiger partial charge in [0.15, 0.2) is 0 Å². The summed E-state index contributed by atoms with van der Waals surface area (Å²) in [5, 5.41) is 0. The van der Waals surface area contributed by atoms with Crippen LogP contribution in [0.25, 0.3) is 12.2 Å². The summed E-state index contributed by atoms with van der Waals surface area (Å²) in [5.41, 5.74) is 4.87. The first-order chi connectivity index (χ1) is 11.4. The van der Waals surface area contributed by atoms with Crippen LogP contribution in [0.5, 0.6) is 0 Å². The van der Waals surface area contributed by atoms with Gasteiger partial charge >= 0.3 is 0 Å². The highest BCUT2D eigenvalue weighted by molar-refractivity contribution is 5.71. The Morgan fingerprint density at radius 1 is 0.609 bits per heavy atom. The molecule has 3 rings (SSSR count). The average Bonchev–Trinajstić information content (AvgIpc) is 2.63. The summed E-state index contributed by atoms with van der Waals surface area (Å²) in [4.78, 5) is 2.31. The van der Waals surface area contributed by atoms with E-state index in [0.29, 0.717) is 0 Å². The maximum absolute atomic E-state index is 2.31. The highest BCUT2D eigenvalue weighted by atomic mass is 15.1. The summed E-state index contributed by atoms with van der Waals surface area (Å²) in [6.45, 7) is 3.12. The van der Waals surface area contributed by atoms with Crippen LogP contribution in [0.3, 0.4) is 0 Å². The van der Waals surface area contributed by atoms with E-state index in [-0.39, 0.29) is 0 Å². The van der Waals surface area contributed by atoms with Crippen LogP contribution in [0, 0.1) is 0 Å². The molecule has 0 N–H and O–H groups in total. The fraction of sp³-hybridized carbons (Fsp3) is 0.0909. The zero-order valence-corrected chi connectivity index (χ0v) is 13.4. The summed E-state index contributed by atoms with van der Waals surface area (Å²) >= 11 is 0. The van der Waals surface area contributed by atoms with Crippen molar-refractivity contribution in [3.05, 3.63) is 96.1 Å². The van der Waals surface area contributed by atoms with E-state index >= 15 is 0 Å². The van der Waals surface area contributed by atoms with Gasteiger partial charge in [0.2, 0.25) is 0 Å². The number of anilines is 2. The van der Waals surface area contributed by atoms with E-state index in [2.05, 4.69) is 103 Å². The van der Waals surface area contributed by atoms with Gasteiger partial charge in [0.1, 0.15) is 0 Å². The second-order valence-corrected chi connectivity index (χ2v) is 5.42. The molecule has 0 heterocycles. The predicted octanol–water partition coefficient (Wildman–Crippen LogP) is 6.02. The third kappa shape index (κ3) is 3.89. The molecule has 0 amide bonds. The van der Waals surface area contributed by atoms with E-state index < -0.39 is 0 Å². The summed E-state index contributed by atoms with van der Waals surface area (Å²) < 4.78 is 0. The van der Waals surface area contributed by atoms with Crippen LogP contribution in [0.2, 0.25) is 0 Å². The van der Waals surface area contributed by atoms with Gasteiger partial charge in [-0.15, -0.1) is 0 Å². The van der Waals surface area contributed by atoms with Gasteiger partial charge in [-0.1, -0.05) is 72.8 Å². The van der Waals surface area contributed by atoms with E-state index in [1.54, 1.807) is 0 Å². The van der Waals surface area contributed by atoms with Crippen molar-refractivity contribution in [1.29, 1.82) is 0 Å². The lowest BCUT2D eigenvalue weighted by molar-refractivity contribution is 1.02. The van der Waals surface area contributed by atoms with Gasteiger partial charge in [0, 0.05) is 17.9 Å². The maximum Gasteiger partial charge on any atom is 0.0411 e. The minimum absolute atomic E-state index is 0.948. The molecule has 0 aliphatic heterocycles. The summed E-state index contributed by atoms with van der Waals surface area (Å²) in [6.07, 6.45) is 4.29. The number of rotatable bonds is 5. The van der Waals surface area contributed by atoms with Crippen molar-refractivity contribution in [3.63, 3.8) is 0 Å². The minimum Gasteiger partial charge on any atom is -0.342 e. The van der Waals surface area contributed by atoms with E-state index in [1.165, 1.54) is 22.5 Å². The monoisotopic (exact) mass is 299 g/mol. The highest BCUT2D eigenvalue weighted by Gasteiger charge is 2.05. The molecule has 0 aliphatic rings. The molecule has 0 radical (unpaired) electrons. The van der Waals surface area contributed by atoms with Gasteiger partial charge in [-0.3, -0.25) is 0 Å². The molecule has 0 saturated carbocycles. The van der Waals surface area contributed by atoms with Crippen LogP contribution < -0.4 is 4.90 Å². The highest BCUT2D eigenvalue weighted by Crippen LogP contribution is 2.25. The first kappa shape index (κ1) is 15.1. The van der Waals surface area contributed by atoms with Crippen molar-refractivity contribution in [2.24, 2.45) is 0 Å². The van der Waals surface area contributed by atoms with Gasteiger partial charge in [0.25, 0.3) is 0 Å². The van der Waals surface area contributed by atoms with Crippen molar-refractivity contribution in [2.45, 2.75) is 6.92 Å². The fourth-order valence-corrected chi connectivity index (χ4v) is 2.64. The molecule has 0 fully saturated rings. The number of para-hydroxylation sites is 1. The molecule has 3 aromatic carbocycles. The normalized spacial score (nSPS) is 10.8. The number of hydrogen-bond donors (Lipinski definition) is 0. The molecule has 0 spiro atoms. The molecular formula is C22H21N. The van der Waals surface area contributed by atoms with Crippen molar-refractivity contribution < 1.29 is 0 Å². The Kier molecular flexibility index (Phi) is 4.90. The predicted molar refractivity (Wildman–Crippen MR) is 101 cm³/mol. The van der Waals surface area contributed by atoms with Gasteiger partial charge in [0.05, 0.1) is 0 Å². The lowest BCUT2D eigenvalue weighted by atomic mass is 10.1. The third-order valence-electron chi connectivity index (χ3n) is 3.86. The first-order valence-electron chi connectivity index (χ1n) is 8.02. The van der Waals surface area contributed by atoms with E-state index in [0.717, 1.165) is 6.54 Å². The molecule has 23 heavy (non-hydrogen) atoms. The second-order valence-electron chi connectivity index (χ2n) is 5.42. The van der Waals surface area contributed by atoms with E-state index in [4.69, 9.17) is 0 Å². The molecule has 1 nitrogen and oxygen atoms in total. The molecular weight excluding hydrogens is 278 g/mol. The van der Waals surface area contributed by atoms with Crippen molar-refractivity contribution >= 4 is 23.5 Å². The van der Waals surface area contributed by atoms with Gasteiger partial charge in [-0.05, 0) is 42.3 Å². The maximum atomic E-state index is 2.31. The quantitative estimate of drug-likeness (QED) is 0.521. The zero-order chi connectivity index (χ0) is 15.9. The molecule has 0 unspecified atom stereocenters. The molecule has 0 aromatic heterocycles. The standard InChI is InChI=1S/C22H21N/c1-2-23(21-11-7-4-8-12-21)22-17-15-20(16-18-22)14-13-19-9-5-3-6-10-19/h3-18H,2H2,1H3/b14-13+. The van der Waals surface area contributed by atoms with E-state index in [9.17, 15) is 0 Å². The Labute approximate surface area is 138 Å². The molecule has 114 valence electrons. The number of nitrogens with zero attached hydrogens (tertiary/aromatic N) is 1. The van der Waals surface area contributed by atoms with E-state index in [1.807, 2.05) is 6.07 Å². The van der Waals surface area contributed by atoms with Crippen molar-refractivity contribution in [3.8, 4) is 0 Å². The Bertz CT molecular complexity index is 743. The Morgan fingerprint density at radius 2 is 1.09 bits per heavy atom. The smallest absolute Gasteiger partial charge is 0.0411 e. The number of hydrogen-bond acceptors (Lipinski definition) is 1. The zero-order valence-electron chi connectivity index (χ0n) is 13.4. The molecule has 3 aromatic rings. The van der Waals surface area contributed by atoms with Gasteiger partial charge in [-0.2, -0.15) is 0 Å². The fourth-order valence-electron chi connectivity index (χ4n) is 2.64. The molecule has 0 aliphatic carbocycles. The Hall–Kier alpha value is -2.80. The van der Waals surface area contributed by atoms with Gasteiger partial charge < -0.3 is 4.90 Å². The van der Waals surface area contributed by atoms with Gasteiger partial charge in [-0.25, -0.2) is 0 Å². The third-order valence-corrected chi connectivity index (χ3v) is 3.86. The SMILES string of the molecule is CCN(c1ccccc1)c1ccc(/C=C/c2ccccc2)cc1. The molecule has 0 atom stereocenters. The number of benzene rings is 3. The summed E-state index contributed by atoms with van der Waals surface area (Å²) in [7, 11) is 0. The molecule has 1 heteroatoms.